The van der Waals surface area contributed by atoms with Crippen molar-refractivity contribution in [2.75, 3.05) is 4.90 Å². The van der Waals surface area contributed by atoms with Gasteiger partial charge in [0.1, 0.15) is 0 Å². The standard InChI is InChI=1S/C66H44N2/c1-4-20-45(21-5-1)49-28-16-30-52(42-49)67(63-39-19-36-59-57-34-14-15-37-62(57)68(66(59)63)61-38-18-27-46-22-10-11-32-54(46)61)53-31-17-29-50(43-53)51-40-41-56-55-33-12-13-35-58(55)64(47-23-6-2-7-24-47)65(60(56)44-51)48-25-8-3-9-26-48/h1-44H. The van der Waals surface area contributed by atoms with E-state index in [9.17, 15) is 0 Å². The van der Waals surface area contributed by atoms with Gasteiger partial charge in [0, 0.05) is 27.5 Å². The largest absolute Gasteiger partial charge is 0.308 e. The van der Waals surface area contributed by atoms with Gasteiger partial charge in [-0.05, 0) is 120 Å². The molecule has 0 N–H and O–H groups in total. The van der Waals surface area contributed by atoms with E-state index >= 15 is 0 Å². The third-order valence-electron chi connectivity index (χ3n) is 13.7. The zero-order valence-corrected chi connectivity index (χ0v) is 37.3. The number of hydrogen-bond acceptors (Lipinski definition) is 1. The first-order chi connectivity index (χ1) is 33.8. The Bertz CT molecular complexity index is 4010. The Balaban J connectivity index is 1.07. The van der Waals surface area contributed by atoms with Crippen molar-refractivity contribution in [1.29, 1.82) is 0 Å². The molecule has 13 rings (SSSR count). The highest BCUT2D eigenvalue weighted by molar-refractivity contribution is 6.22. The van der Waals surface area contributed by atoms with E-state index < -0.39 is 0 Å². The van der Waals surface area contributed by atoms with Crippen LogP contribution < -0.4 is 4.90 Å². The fraction of sp³-hybridized carbons (Fsp3) is 0. The minimum Gasteiger partial charge on any atom is -0.308 e. The second kappa shape index (κ2) is 16.5. The highest BCUT2D eigenvalue weighted by Gasteiger charge is 2.24. The molecule has 1 aromatic heterocycles. The Hall–Kier alpha value is -8.98. The number of benzene rings is 12. The van der Waals surface area contributed by atoms with Gasteiger partial charge in [-0.25, -0.2) is 0 Å². The van der Waals surface area contributed by atoms with Crippen LogP contribution in [0, 0.1) is 0 Å². The molecule has 68 heavy (non-hydrogen) atoms. The first-order valence-electron chi connectivity index (χ1n) is 23.4. The number of hydrogen-bond donors (Lipinski definition) is 0. The van der Waals surface area contributed by atoms with Crippen molar-refractivity contribution < 1.29 is 0 Å². The summed E-state index contributed by atoms with van der Waals surface area (Å²) in [7, 11) is 0. The number of rotatable bonds is 8. The van der Waals surface area contributed by atoms with E-state index in [-0.39, 0.29) is 0 Å². The summed E-state index contributed by atoms with van der Waals surface area (Å²) in [6, 6.07) is 97.6. The van der Waals surface area contributed by atoms with Crippen molar-refractivity contribution in [2.45, 2.75) is 0 Å². The van der Waals surface area contributed by atoms with Crippen molar-refractivity contribution >= 4 is 71.2 Å². The maximum atomic E-state index is 2.49. The molecular weight excluding hydrogens is 821 g/mol. The van der Waals surface area contributed by atoms with Gasteiger partial charge in [-0.3, -0.25) is 0 Å². The molecule has 0 unspecified atom stereocenters. The highest BCUT2D eigenvalue weighted by atomic mass is 15.2. The van der Waals surface area contributed by atoms with Crippen molar-refractivity contribution in [2.24, 2.45) is 0 Å². The molecule has 0 saturated carbocycles. The summed E-state index contributed by atoms with van der Waals surface area (Å²) in [5.41, 5.74) is 16.3. The quantitative estimate of drug-likeness (QED) is 0.138. The van der Waals surface area contributed by atoms with Crippen LogP contribution >= 0.6 is 0 Å². The zero-order chi connectivity index (χ0) is 45.0. The monoisotopic (exact) mass is 864 g/mol. The van der Waals surface area contributed by atoms with Crippen molar-refractivity contribution in [1.82, 2.24) is 4.57 Å². The fourth-order valence-electron chi connectivity index (χ4n) is 10.7. The predicted molar refractivity (Wildman–Crippen MR) is 290 cm³/mol. The average molecular weight is 865 g/mol. The molecule has 0 aliphatic carbocycles. The van der Waals surface area contributed by atoms with Crippen LogP contribution in [0.2, 0.25) is 0 Å². The first kappa shape index (κ1) is 39.4. The van der Waals surface area contributed by atoms with E-state index in [1.807, 2.05) is 0 Å². The van der Waals surface area contributed by atoms with Crippen molar-refractivity contribution in [3.05, 3.63) is 267 Å². The summed E-state index contributed by atoms with van der Waals surface area (Å²) < 4.78 is 2.49. The minimum absolute atomic E-state index is 1.07. The second-order valence-electron chi connectivity index (χ2n) is 17.6. The summed E-state index contributed by atoms with van der Waals surface area (Å²) >= 11 is 0. The lowest BCUT2D eigenvalue weighted by molar-refractivity contribution is 1.18. The molecule has 12 aromatic carbocycles. The maximum Gasteiger partial charge on any atom is 0.0782 e. The molecule has 0 fully saturated rings. The molecule has 2 nitrogen and oxygen atoms in total. The van der Waals surface area contributed by atoms with Crippen LogP contribution in [0.5, 0.6) is 0 Å². The zero-order valence-electron chi connectivity index (χ0n) is 37.3. The van der Waals surface area contributed by atoms with Gasteiger partial charge in [0.25, 0.3) is 0 Å². The topological polar surface area (TPSA) is 8.17 Å². The molecule has 13 aromatic rings. The number of anilines is 3. The smallest absolute Gasteiger partial charge is 0.0782 e. The summed E-state index contributed by atoms with van der Waals surface area (Å²) in [6.45, 7) is 0. The second-order valence-corrected chi connectivity index (χ2v) is 17.6. The number of para-hydroxylation sites is 2. The van der Waals surface area contributed by atoms with E-state index in [2.05, 4.69) is 276 Å². The molecule has 1 heterocycles. The van der Waals surface area contributed by atoms with Crippen LogP contribution in [0.4, 0.5) is 17.1 Å². The Morgan fingerprint density at radius 2 is 0.735 bits per heavy atom. The summed E-state index contributed by atoms with van der Waals surface area (Å²) in [4.78, 5) is 2.47. The van der Waals surface area contributed by atoms with Crippen LogP contribution in [-0.4, -0.2) is 4.57 Å². The molecule has 0 saturated heterocycles. The molecule has 0 bridgehead atoms. The van der Waals surface area contributed by atoms with Gasteiger partial charge < -0.3 is 9.47 Å². The van der Waals surface area contributed by atoms with Gasteiger partial charge in [0.2, 0.25) is 0 Å². The maximum absolute atomic E-state index is 2.49. The lowest BCUT2D eigenvalue weighted by Gasteiger charge is -2.28. The third kappa shape index (κ3) is 6.57. The van der Waals surface area contributed by atoms with Gasteiger partial charge in [-0.15, -0.1) is 0 Å². The SMILES string of the molecule is c1ccc(-c2cccc(N(c3cccc(-c4ccc5c(c4)c(-c4ccccc4)c(-c4ccccc4)c4ccccc45)c3)c3cccc4c5ccccc5n(-c5cccc6ccccc56)c34)c2)cc1. The first-order valence-corrected chi connectivity index (χ1v) is 23.4. The summed E-state index contributed by atoms with van der Waals surface area (Å²) in [6.07, 6.45) is 0. The Labute approximate surface area is 395 Å². The molecular formula is C66H44N2. The van der Waals surface area contributed by atoms with Gasteiger partial charge >= 0.3 is 0 Å². The number of nitrogens with zero attached hydrogens (tertiary/aromatic N) is 2. The third-order valence-corrected chi connectivity index (χ3v) is 13.7. The van der Waals surface area contributed by atoms with Crippen molar-refractivity contribution in [3.8, 4) is 50.2 Å². The van der Waals surface area contributed by atoms with E-state index in [1.54, 1.807) is 0 Å². The lowest BCUT2D eigenvalue weighted by atomic mass is 9.84. The summed E-state index contributed by atoms with van der Waals surface area (Å²) in [5, 5.41) is 9.82. The molecule has 0 aliphatic heterocycles. The minimum atomic E-state index is 1.07. The normalized spacial score (nSPS) is 11.5. The molecule has 318 valence electrons. The average Bonchev–Trinajstić information content (AvgIpc) is 3.76. The molecule has 0 amide bonds. The molecule has 0 aliphatic rings. The predicted octanol–water partition coefficient (Wildman–Crippen LogP) is 18.4. The molecule has 0 atom stereocenters. The van der Waals surface area contributed by atoms with Crippen LogP contribution in [0.15, 0.2) is 267 Å². The van der Waals surface area contributed by atoms with Crippen LogP contribution in [0.25, 0.3) is 104 Å². The van der Waals surface area contributed by atoms with Crippen molar-refractivity contribution in [3.63, 3.8) is 0 Å². The Kier molecular flexibility index (Phi) is 9.54. The van der Waals surface area contributed by atoms with Crippen LogP contribution in [-0.2, 0) is 0 Å². The van der Waals surface area contributed by atoms with E-state index in [0.717, 1.165) is 45.0 Å². The molecule has 2 heteroatoms. The lowest BCUT2D eigenvalue weighted by Crippen LogP contribution is -2.12. The van der Waals surface area contributed by atoms with Gasteiger partial charge in [0.05, 0.1) is 22.4 Å². The van der Waals surface area contributed by atoms with Gasteiger partial charge in [-0.2, -0.15) is 0 Å². The Morgan fingerprint density at radius 3 is 1.44 bits per heavy atom. The van der Waals surface area contributed by atoms with Gasteiger partial charge in [0.15, 0.2) is 0 Å². The van der Waals surface area contributed by atoms with E-state index in [0.29, 0.717) is 0 Å². The van der Waals surface area contributed by atoms with E-state index in [1.165, 1.54) is 76.4 Å². The Morgan fingerprint density at radius 1 is 0.265 bits per heavy atom. The number of fused-ring (bicyclic) bond motifs is 7. The van der Waals surface area contributed by atoms with Gasteiger partial charge in [-0.1, -0.05) is 218 Å². The van der Waals surface area contributed by atoms with Crippen LogP contribution in [0.1, 0.15) is 0 Å². The molecule has 0 radical (unpaired) electrons. The van der Waals surface area contributed by atoms with E-state index in [4.69, 9.17) is 0 Å². The van der Waals surface area contributed by atoms with Crippen LogP contribution in [0.3, 0.4) is 0 Å². The molecule has 0 spiro atoms. The number of aromatic nitrogens is 1. The summed E-state index contributed by atoms with van der Waals surface area (Å²) in [5.74, 6) is 0. The fourth-order valence-corrected chi connectivity index (χ4v) is 10.7. The highest BCUT2D eigenvalue weighted by Crippen LogP contribution is 2.48.